The number of ketones is 1. The van der Waals surface area contributed by atoms with Gasteiger partial charge in [0, 0.05) is 6.42 Å². The predicted octanol–water partition coefficient (Wildman–Crippen LogP) is 2.03. The molecular weight excluding hydrogens is 128 g/mol. The summed E-state index contributed by atoms with van der Waals surface area (Å²) >= 11 is 0. The second-order valence-corrected chi connectivity index (χ2v) is 2.00. The Morgan fingerprint density at radius 1 is 1.50 bits per heavy atom. The molecular formula is C8H12O2. The standard InChI is InChI=1S/C8H12O2/c1-5-8(9)7(4)10-6(2)3/h2,4-5H2,1,3H3. The predicted molar refractivity (Wildman–Crippen MR) is 40.3 cm³/mol. The van der Waals surface area contributed by atoms with Gasteiger partial charge in [0.2, 0.25) is 0 Å². The van der Waals surface area contributed by atoms with Crippen LogP contribution < -0.4 is 0 Å². The zero-order valence-corrected chi connectivity index (χ0v) is 6.44. The van der Waals surface area contributed by atoms with E-state index in [2.05, 4.69) is 13.2 Å². The van der Waals surface area contributed by atoms with Crippen molar-refractivity contribution in [2.24, 2.45) is 0 Å². The van der Waals surface area contributed by atoms with E-state index in [0.29, 0.717) is 12.2 Å². The molecule has 2 nitrogen and oxygen atoms in total. The van der Waals surface area contributed by atoms with Crippen LogP contribution in [0.15, 0.2) is 24.7 Å². The minimum atomic E-state index is -0.0806. The molecule has 56 valence electrons. The summed E-state index contributed by atoms with van der Waals surface area (Å²) in [4.78, 5) is 10.8. The first kappa shape index (κ1) is 8.95. The fourth-order valence-electron chi connectivity index (χ4n) is 0.464. The number of ether oxygens (including phenoxy) is 1. The molecule has 0 aromatic heterocycles. The van der Waals surface area contributed by atoms with E-state index in [9.17, 15) is 4.79 Å². The van der Waals surface area contributed by atoms with Crippen molar-refractivity contribution in [3.63, 3.8) is 0 Å². The molecule has 0 aromatic carbocycles. The van der Waals surface area contributed by atoms with Gasteiger partial charge in [-0.05, 0) is 6.92 Å². The Morgan fingerprint density at radius 2 is 2.00 bits per heavy atom. The maximum Gasteiger partial charge on any atom is 0.197 e. The van der Waals surface area contributed by atoms with Crippen LogP contribution in [0.3, 0.4) is 0 Å². The second-order valence-electron chi connectivity index (χ2n) is 2.00. The van der Waals surface area contributed by atoms with Crippen molar-refractivity contribution in [2.45, 2.75) is 20.3 Å². The summed E-state index contributed by atoms with van der Waals surface area (Å²) in [7, 11) is 0. The summed E-state index contributed by atoms with van der Waals surface area (Å²) in [5.41, 5.74) is 0. The number of hydrogen-bond acceptors (Lipinski definition) is 2. The summed E-state index contributed by atoms with van der Waals surface area (Å²) in [6.07, 6.45) is 0.423. The minimum absolute atomic E-state index is 0.0806. The molecule has 0 amide bonds. The Bertz CT molecular complexity index is 168. The Balaban J connectivity index is 3.86. The lowest BCUT2D eigenvalue weighted by atomic mass is 10.3. The average Bonchev–Trinajstić information content (AvgIpc) is 1.85. The maximum atomic E-state index is 10.8. The normalized spacial score (nSPS) is 8.60. The summed E-state index contributed by atoms with van der Waals surface area (Å²) in [6, 6.07) is 0. The molecule has 0 fully saturated rings. The van der Waals surface area contributed by atoms with Crippen LogP contribution in [0.2, 0.25) is 0 Å². The Kier molecular flexibility index (Phi) is 3.47. The maximum absolute atomic E-state index is 10.8. The van der Waals surface area contributed by atoms with Gasteiger partial charge in [-0.15, -0.1) is 0 Å². The van der Waals surface area contributed by atoms with Crippen LogP contribution in [-0.2, 0) is 9.53 Å². The number of carbonyl (C=O) groups is 1. The van der Waals surface area contributed by atoms with Gasteiger partial charge in [-0.3, -0.25) is 4.79 Å². The highest BCUT2D eigenvalue weighted by Gasteiger charge is 2.04. The molecule has 0 aromatic rings. The van der Waals surface area contributed by atoms with Gasteiger partial charge in [-0.25, -0.2) is 0 Å². The number of carbonyl (C=O) groups excluding carboxylic acids is 1. The topological polar surface area (TPSA) is 26.3 Å². The van der Waals surface area contributed by atoms with E-state index in [0.717, 1.165) is 0 Å². The summed E-state index contributed by atoms with van der Waals surface area (Å²) < 4.78 is 4.86. The Morgan fingerprint density at radius 3 is 2.30 bits per heavy atom. The van der Waals surface area contributed by atoms with E-state index in [1.54, 1.807) is 13.8 Å². The highest BCUT2D eigenvalue weighted by molar-refractivity contribution is 5.92. The van der Waals surface area contributed by atoms with E-state index >= 15 is 0 Å². The first-order valence-electron chi connectivity index (χ1n) is 3.13. The van der Waals surface area contributed by atoms with E-state index in [1.165, 1.54) is 0 Å². The molecule has 0 spiro atoms. The molecule has 0 aliphatic heterocycles. The third kappa shape index (κ3) is 3.07. The van der Waals surface area contributed by atoms with E-state index in [4.69, 9.17) is 4.74 Å². The molecule has 2 heteroatoms. The van der Waals surface area contributed by atoms with Crippen LogP contribution in [0.25, 0.3) is 0 Å². The molecule has 0 saturated carbocycles. The van der Waals surface area contributed by atoms with E-state index in [-0.39, 0.29) is 11.5 Å². The lowest BCUT2D eigenvalue weighted by Gasteiger charge is -2.03. The monoisotopic (exact) mass is 140 g/mol. The van der Waals surface area contributed by atoms with Gasteiger partial charge in [0.25, 0.3) is 0 Å². The third-order valence-corrected chi connectivity index (χ3v) is 0.930. The summed E-state index contributed by atoms with van der Waals surface area (Å²) in [5.74, 6) is 0.588. The number of allylic oxidation sites excluding steroid dienone is 2. The molecule has 0 saturated heterocycles. The fourth-order valence-corrected chi connectivity index (χ4v) is 0.464. The quantitative estimate of drug-likeness (QED) is 0.441. The van der Waals surface area contributed by atoms with Crippen molar-refractivity contribution in [2.75, 3.05) is 0 Å². The smallest absolute Gasteiger partial charge is 0.197 e. The van der Waals surface area contributed by atoms with Crippen molar-refractivity contribution in [3.8, 4) is 0 Å². The molecule has 0 heterocycles. The highest BCUT2D eigenvalue weighted by atomic mass is 16.5. The SMILES string of the molecule is C=C(C)OC(=C)C(=O)CC. The summed E-state index contributed by atoms with van der Waals surface area (Å²) in [6.45, 7) is 10.3. The van der Waals surface area contributed by atoms with Gasteiger partial charge < -0.3 is 4.74 Å². The van der Waals surface area contributed by atoms with E-state index in [1.807, 2.05) is 0 Å². The van der Waals surface area contributed by atoms with Gasteiger partial charge in [0.15, 0.2) is 11.5 Å². The van der Waals surface area contributed by atoms with Crippen molar-refractivity contribution in [3.05, 3.63) is 24.7 Å². The Labute approximate surface area is 61.2 Å². The van der Waals surface area contributed by atoms with Crippen LogP contribution in [0.5, 0.6) is 0 Å². The first-order valence-corrected chi connectivity index (χ1v) is 3.13. The molecule has 0 atom stereocenters. The van der Waals surface area contributed by atoms with Gasteiger partial charge in [-0.2, -0.15) is 0 Å². The van der Waals surface area contributed by atoms with E-state index < -0.39 is 0 Å². The highest BCUT2D eigenvalue weighted by Crippen LogP contribution is 2.03. The molecule has 0 unspecified atom stereocenters. The lowest BCUT2D eigenvalue weighted by Crippen LogP contribution is -2.01. The van der Waals surface area contributed by atoms with Crippen LogP contribution in [0, 0.1) is 0 Å². The van der Waals surface area contributed by atoms with Gasteiger partial charge >= 0.3 is 0 Å². The molecule has 0 aliphatic carbocycles. The molecule has 0 bridgehead atoms. The van der Waals surface area contributed by atoms with Gasteiger partial charge in [-0.1, -0.05) is 20.1 Å². The number of rotatable bonds is 4. The van der Waals surface area contributed by atoms with Crippen molar-refractivity contribution < 1.29 is 9.53 Å². The van der Waals surface area contributed by atoms with Crippen LogP contribution in [0.4, 0.5) is 0 Å². The average molecular weight is 140 g/mol. The number of Topliss-reactive ketones (excluding diaryl/α,β-unsaturated/α-hetero) is 1. The van der Waals surface area contributed by atoms with Crippen molar-refractivity contribution in [1.29, 1.82) is 0 Å². The fraction of sp³-hybridized carbons (Fsp3) is 0.375. The minimum Gasteiger partial charge on any atom is -0.460 e. The molecule has 0 N–H and O–H groups in total. The van der Waals surface area contributed by atoms with Crippen LogP contribution >= 0.6 is 0 Å². The van der Waals surface area contributed by atoms with Crippen LogP contribution in [-0.4, -0.2) is 5.78 Å². The third-order valence-electron chi connectivity index (χ3n) is 0.930. The Hall–Kier alpha value is -1.05. The molecule has 0 aliphatic rings. The van der Waals surface area contributed by atoms with Crippen LogP contribution in [0.1, 0.15) is 20.3 Å². The molecule has 0 rings (SSSR count). The van der Waals surface area contributed by atoms with Gasteiger partial charge in [0.1, 0.15) is 0 Å². The van der Waals surface area contributed by atoms with Crippen molar-refractivity contribution in [1.82, 2.24) is 0 Å². The first-order chi connectivity index (χ1) is 4.57. The molecule has 10 heavy (non-hydrogen) atoms. The zero-order valence-electron chi connectivity index (χ0n) is 6.44. The zero-order chi connectivity index (χ0) is 8.15. The summed E-state index contributed by atoms with van der Waals surface area (Å²) in [5, 5.41) is 0. The lowest BCUT2D eigenvalue weighted by molar-refractivity contribution is -0.117. The largest absolute Gasteiger partial charge is 0.460 e. The van der Waals surface area contributed by atoms with Gasteiger partial charge in [0.05, 0.1) is 5.76 Å². The second kappa shape index (κ2) is 3.88. The van der Waals surface area contributed by atoms with Crippen molar-refractivity contribution >= 4 is 5.78 Å². The number of hydrogen-bond donors (Lipinski definition) is 0. The molecule has 0 radical (unpaired) electrons.